The van der Waals surface area contributed by atoms with Crippen molar-refractivity contribution in [3.8, 4) is 0 Å². The highest BCUT2D eigenvalue weighted by Gasteiger charge is 2.03. The van der Waals surface area contributed by atoms with Gasteiger partial charge in [-0.05, 0) is 18.2 Å². The Morgan fingerprint density at radius 3 is 2.58 bits per heavy atom. The molecule has 0 aliphatic heterocycles. The second-order valence-electron chi connectivity index (χ2n) is 2.22. The van der Waals surface area contributed by atoms with E-state index in [0.717, 1.165) is 0 Å². The topological polar surface area (TPSA) is 60.2 Å². The van der Waals surface area contributed by atoms with Crippen molar-refractivity contribution in [2.45, 2.75) is 0 Å². The van der Waals surface area contributed by atoms with E-state index in [1.807, 2.05) is 0 Å². The average molecular weight is 184 g/mol. The van der Waals surface area contributed by atoms with Crippen LogP contribution in [0.2, 0.25) is 5.02 Å². The zero-order chi connectivity index (χ0) is 9.14. The van der Waals surface area contributed by atoms with Crippen molar-refractivity contribution in [2.75, 3.05) is 0 Å². The van der Waals surface area contributed by atoms with Crippen LogP contribution in [0.1, 0.15) is 20.7 Å². The van der Waals surface area contributed by atoms with Crippen molar-refractivity contribution in [3.05, 3.63) is 34.3 Å². The third-order valence-corrected chi connectivity index (χ3v) is 1.74. The lowest BCUT2D eigenvalue weighted by atomic mass is 10.1. The van der Waals surface area contributed by atoms with Crippen LogP contribution in [0.3, 0.4) is 0 Å². The van der Waals surface area contributed by atoms with E-state index in [0.29, 0.717) is 17.4 Å². The summed E-state index contributed by atoms with van der Waals surface area (Å²) >= 11 is 5.63. The van der Waals surface area contributed by atoms with Crippen LogP contribution in [0.25, 0.3) is 0 Å². The van der Waals surface area contributed by atoms with Crippen LogP contribution in [-0.4, -0.2) is 12.2 Å². The molecule has 0 radical (unpaired) electrons. The summed E-state index contributed by atoms with van der Waals surface area (Å²) in [6.45, 7) is 0. The van der Waals surface area contributed by atoms with Gasteiger partial charge in [0.2, 0.25) is 5.91 Å². The van der Waals surface area contributed by atoms with Crippen LogP contribution in [0, 0.1) is 0 Å². The first-order valence-electron chi connectivity index (χ1n) is 3.19. The number of rotatable bonds is 2. The first-order chi connectivity index (χ1) is 5.65. The predicted octanol–water partition coefficient (Wildman–Crippen LogP) is 1.25. The van der Waals surface area contributed by atoms with Crippen LogP contribution >= 0.6 is 11.6 Å². The Morgan fingerprint density at radius 1 is 1.50 bits per heavy atom. The zero-order valence-corrected chi connectivity index (χ0v) is 6.84. The zero-order valence-electron chi connectivity index (χ0n) is 6.08. The van der Waals surface area contributed by atoms with Gasteiger partial charge in [-0.3, -0.25) is 9.59 Å². The lowest BCUT2D eigenvalue weighted by Crippen LogP contribution is -2.10. The third kappa shape index (κ3) is 1.62. The number of primary amides is 1. The molecule has 1 rings (SSSR count). The van der Waals surface area contributed by atoms with E-state index in [1.54, 1.807) is 0 Å². The first-order valence-corrected chi connectivity index (χ1v) is 3.57. The lowest BCUT2D eigenvalue weighted by Gasteiger charge is -1.97. The predicted molar refractivity (Wildman–Crippen MR) is 45.4 cm³/mol. The number of aldehydes is 1. The highest BCUT2D eigenvalue weighted by atomic mass is 35.5. The minimum absolute atomic E-state index is 0.237. The van der Waals surface area contributed by atoms with Crippen molar-refractivity contribution in [1.29, 1.82) is 0 Å². The van der Waals surface area contributed by atoms with Crippen LogP contribution in [0.5, 0.6) is 0 Å². The lowest BCUT2D eigenvalue weighted by molar-refractivity contribution is 0.0999. The summed E-state index contributed by atoms with van der Waals surface area (Å²) in [6, 6.07) is 4.28. The molecule has 62 valence electrons. The smallest absolute Gasteiger partial charge is 0.248 e. The second kappa shape index (κ2) is 3.36. The Bertz CT molecular complexity index is 336. The summed E-state index contributed by atoms with van der Waals surface area (Å²) in [5, 5.41) is 0.237. The summed E-state index contributed by atoms with van der Waals surface area (Å²) < 4.78 is 0. The fourth-order valence-electron chi connectivity index (χ4n) is 0.776. The van der Waals surface area contributed by atoms with E-state index in [2.05, 4.69) is 0 Å². The molecule has 1 amide bonds. The molecule has 3 nitrogen and oxygen atoms in total. The number of nitrogens with two attached hydrogens (primary N) is 1. The van der Waals surface area contributed by atoms with Gasteiger partial charge in [0.15, 0.2) is 6.29 Å². The number of carbonyl (C=O) groups excluding carboxylic acids is 2. The normalized spacial score (nSPS) is 9.42. The largest absolute Gasteiger partial charge is 0.366 e. The molecule has 1 aromatic carbocycles. The van der Waals surface area contributed by atoms with Crippen molar-refractivity contribution in [3.63, 3.8) is 0 Å². The Balaban J connectivity index is 3.18. The summed E-state index contributed by atoms with van der Waals surface area (Å²) in [5.41, 5.74) is 5.63. The van der Waals surface area contributed by atoms with E-state index in [4.69, 9.17) is 17.3 Å². The molecule has 0 fully saturated rings. The van der Waals surface area contributed by atoms with Crippen molar-refractivity contribution < 1.29 is 9.59 Å². The molecule has 0 saturated heterocycles. The molecular formula is C8H6ClNO2. The third-order valence-electron chi connectivity index (χ3n) is 1.41. The van der Waals surface area contributed by atoms with Crippen molar-refractivity contribution >= 4 is 23.8 Å². The van der Waals surface area contributed by atoms with Gasteiger partial charge in [0.25, 0.3) is 0 Å². The van der Waals surface area contributed by atoms with E-state index >= 15 is 0 Å². The van der Waals surface area contributed by atoms with Gasteiger partial charge >= 0.3 is 0 Å². The molecule has 0 saturated carbocycles. The van der Waals surface area contributed by atoms with Gasteiger partial charge in [0.1, 0.15) is 0 Å². The van der Waals surface area contributed by atoms with Gasteiger partial charge in [-0.1, -0.05) is 11.6 Å². The summed E-state index contributed by atoms with van der Waals surface area (Å²) in [6.07, 6.45) is 0.618. The van der Waals surface area contributed by atoms with Gasteiger partial charge in [0.05, 0.1) is 5.02 Å². The van der Waals surface area contributed by atoms with Crippen molar-refractivity contribution in [1.82, 2.24) is 0 Å². The van der Waals surface area contributed by atoms with Gasteiger partial charge < -0.3 is 5.73 Å². The number of hydrogen-bond acceptors (Lipinski definition) is 2. The quantitative estimate of drug-likeness (QED) is 0.702. The minimum atomic E-state index is -0.561. The number of halogens is 1. The molecular weight excluding hydrogens is 178 g/mol. The van der Waals surface area contributed by atoms with Gasteiger partial charge in [-0.15, -0.1) is 0 Å². The maximum absolute atomic E-state index is 10.6. The van der Waals surface area contributed by atoms with Crippen LogP contribution in [0.4, 0.5) is 0 Å². The maximum atomic E-state index is 10.6. The van der Waals surface area contributed by atoms with E-state index < -0.39 is 5.91 Å². The Labute approximate surface area is 74.1 Å². The maximum Gasteiger partial charge on any atom is 0.248 e. The molecule has 0 heterocycles. The van der Waals surface area contributed by atoms with E-state index in [-0.39, 0.29) is 5.02 Å². The summed E-state index contributed by atoms with van der Waals surface area (Å²) in [5.74, 6) is -0.561. The highest BCUT2D eigenvalue weighted by molar-refractivity contribution is 6.33. The molecule has 0 spiro atoms. The Morgan fingerprint density at radius 2 is 2.17 bits per heavy atom. The summed E-state index contributed by atoms with van der Waals surface area (Å²) in [7, 11) is 0. The molecule has 0 unspecified atom stereocenters. The molecule has 4 heteroatoms. The van der Waals surface area contributed by atoms with Gasteiger partial charge in [-0.2, -0.15) is 0 Å². The first kappa shape index (κ1) is 8.74. The second-order valence-corrected chi connectivity index (χ2v) is 2.63. The van der Waals surface area contributed by atoms with Gasteiger partial charge in [0, 0.05) is 11.1 Å². The number of benzene rings is 1. The average Bonchev–Trinajstić information content (AvgIpc) is 2.04. The van der Waals surface area contributed by atoms with Crippen LogP contribution < -0.4 is 5.73 Å². The number of amides is 1. The van der Waals surface area contributed by atoms with Crippen molar-refractivity contribution in [2.24, 2.45) is 5.73 Å². The fraction of sp³-hybridized carbons (Fsp3) is 0. The SMILES string of the molecule is NC(=O)c1ccc(C=O)c(Cl)c1. The molecule has 0 bridgehead atoms. The van der Waals surface area contributed by atoms with Crippen LogP contribution in [-0.2, 0) is 0 Å². The minimum Gasteiger partial charge on any atom is -0.366 e. The van der Waals surface area contributed by atoms with E-state index in [1.165, 1.54) is 18.2 Å². The molecule has 12 heavy (non-hydrogen) atoms. The Hall–Kier alpha value is -1.35. The Kier molecular flexibility index (Phi) is 2.45. The monoisotopic (exact) mass is 183 g/mol. The van der Waals surface area contributed by atoms with Gasteiger partial charge in [-0.25, -0.2) is 0 Å². The van der Waals surface area contributed by atoms with E-state index in [9.17, 15) is 9.59 Å². The molecule has 2 N–H and O–H groups in total. The molecule has 1 aromatic rings. The standard InChI is InChI=1S/C8H6ClNO2/c9-7-3-5(8(10)12)1-2-6(7)4-11/h1-4H,(H2,10,12). The highest BCUT2D eigenvalue weighted by Crippen LogP contribution is 2.15. The van der Waals surface area contributed by atoms with Crippen LogP contribution in [0.15, 0.2) is 18.2 Å². The number of hydrogen-bond donors (Lipinski definition) is 1. The molecule has 0 atom stereocenters. The molecule has 0 aliphatic rings. The summed E-state index contributed by atoms with van der Waals surface area (Å²) in [4.78, 5) is 20.9. The fourth-order valence-corrected chi connectivity index (χ4v) is 1.00. The molecule has 0 aliphatic carbocycles. The molecule has 0 aromatic heterocycles. The number of carbonyl (C=O) groups is 2.